The Morgan fingerprint density at radius 3 is 2.41 bits per heavy atom. The molecule has 154 valence electrons. The number of nitrogens with zero attached hydrogens (tertiary/aromatic N) is 2. The maximum Gasteiger partial charge on any atom is 0.255 e. The van der Waals surface area contributed by atoms with E-state index in [4.69, 9.17) is 27.9 Å². The number of benzene rings is 2. The molecule has 6 nitrogen and oxygen atoms in total. The number of ether oxygens (including phenoxy) is 1. The van der Waals surface area contributed by atoms with E-state index in [1.54, 1.807) is 42.2 Å². The molecule has 0 aliphatic carbocycles. The molecule has 29 heavy (non-hydrogen) atoms. The molecule has 0 radical (unpaired) electrons. The van der Waals surface area contributed by atoms with Gasteiger partial charge in [0.25, 0.3) is 5.91 Å². The van der Waals surface area contributed by atoms with Gasteiger partial charge in [0.1, 0.15) is 5.75 Å². The van der Waals surface area contributed by atoms with E-state index < -0.39 is 0 Å². The highest BCUT2D eigenvalue weighted by molar-refractivity contribution is 6.34. The summed E-state index contributed by atoms with van der Waals surface area (Å²) in [5, 5.41) is 3.86. The van der Waals surface area contributed by atoms with Crippen molar-refractivity contribution in [2.45, 2.75) is 13.8 Å². The molecule has 1 aliphatic rings. The molecule has 0 aromatic heterocycles. The standard InChI is InChI=1S/C21H23Cl2N3O3/c1-3-29-19-8-7-15(13-17(19)23)21(28)24-18-6-4-5-16(22)20(18)26-11-9-25(10-12-26)14(2)27/h4-8,13H,3,9-12H2,1-2H3,(H,24,28). The van der Waals surface area contributed by atoms with Crippen LogP contribution in [0.1, 0.15) is 24.2 Å². The second kappa shape index (κ2) is 9.37. The minimum absolute atomic E-state index is 0.0599. The van der Waals surface area contributed by atoms with Crippen molar-refractivity contribution in [3.05, 3.63) is 52.0 Å². The molecule has 0 bridgehead atoms. The van der Waals surface area contributed by atoms with E-state index in [1.807, 2.05) is 13.0 Å². The normalized spacial score (nSPS) is 13.9. The summed E-state index contributed by atoms with van der Waals surface area (Å²) >= 11 is 12.7. The Labute approximate surface area is 180 Å². The maximum atomic E-state index is 12.8. The Kier molecular flexibility index (Phi) is 6.87. The first kappa shape index (κ1) is 21.3. The molecule has 1 fully saturated rings. The van der Waals surface area contributed by atoms with Crippen molar-refractivity contribution in [2.24, 2.45) is 0 Å². The third kappa shape index (κ3) is 4.95. The fourth-order valence-corrected chi connectivity index (χ4v) is 3.82. The van der Waals surface area contributed by atoms with Crippen molar-refractivity contribution in [2.75, 3.05) is 43.0 Å². The first-order valence-corrected chi connectivity index (χ1v) is 10.2. The SMILES string of the molecule is CCOc1ccc(C(=O)Nc2cccc(Cl)c2N2CCN(C(C)=O)CC2)cc1Cl. The molecular formula is C21H23Cl2N3O3. The van der Waals surface area contributed by atoms with Gasteiger partial charge in [-0.2, -0.15) is 0 Å². The zero-order valence-corrected chi connectivity index (χ0v) is 17.9. The number of hydrogen-bond donors (Lipinski definition) is 1. The van der Waals surface area contributed by atoms with Crippen molar-refractivity contribution in [3.8, 4) is 5.75 Å². The van der Waals surface area contributed by atoms with Gasteiger partial charge < -0.3 is 19.9 Å². The smallest absolute Gasteiger partial charge is 0.255 e. The summed E-state index contributed by atoms with van der Waals surface area (Å²) in [5.74, 6) is 0.308. The fraction of sp³-hybridized carbons (Fsp3) is 0.333. The highest BCUT2D eigenvalue weighted by Crippen LogP contribution is 2.35. The maximum absolute atomic E-state index is 12.8. The first-order valence-electron chi connectivity index (χ1n) is 9.43. The van der Waals surface area contributed by atoms with Crippen LogP contribution in [0.2, 0.25) is 10.0 Å². The van der Waals surface area contributed by atoms with Crippen LogP contribution in [0.5, 0.6) is 5.75 Å². The van der Waals surface area contributed by atoms with E-state index in [2.05, 4.69) is 10.2 Å². The lowest BCUT2D eigenvalue weighted by atomic mass is 10.1. The Balaban J connectivity index is 1.80. The van der Waals surface area contributed by atoms with Gasteiger partial charge in [-0.05, 0) is 37.3 Å². The molecule has 0 unspecified atom stereocenters. The predicted molar refractivity (Wildman–Crippen MR) is 116 cm³/mol. The molecule has 0 atom stereocenters. The third-order valence-electron chi connectivity index (χ3n) is 4.77. The summed E-state index contributed by atoms with van der Waals surface area (Å²) < 4.78 is 5.41. The molecule has 0 spiro atoms. The number of piperazine rings is 1. The van der Waals surface area contributed by atoms with Gasteiger partial charge in [0.15, 0.2) is 0 Å². The Morgan fingerprint density at radius 2 is 1.79 bits per heavy atom. The Hall–Kier alpha value is -2.44. The number of amides is 2. The highest BCUT2D eigenvalue weighted by Gasteiger charge is 2.23. The number of nitrogens with one attached hydrogen (secondary N) is 1. The predicted octanol–water partition coefficient (Wildman–Crippen LogP) is 4.31. The topological polar surface area (TPSA) is 61.9 Å². The van der Waals surface area contributed by atoms with Crippen LogP contribution >= 0.6 is 23.2 Å². The van der Waals surface area contributed by atoms with Crippen LogP contribution in [0.4, 0.5) is 11.4 Å². The summed E-state index contributed by atoms with van der Waals surface area (Å²) in [6.07, 6.45) is 0. The van der Waals surface area contributed by atoms with Gasteiger partial charge in [0.05, 0.1) is 28.0 Å². The number of carbonyl (C=O) groups is 2. The van der Waals surface area contributed by atoms with Crippen LogP contribution in [0.15, 0.2) is 36.4 Å². The largest absolute Gasteiger partial charge is 0.492 e. The van der Waals surface area contributed by atoms with E-state index in [0.29, 0.717) is 59.8 Å². The zero-order chi connectivity index (χ0) is 21.0. The van der Waals surface area contributed by atoms with Crippen LogP contribution in [0.25, 0.3) is 0 Å². The lowest BCUT2D eigenvalue weighted by molar-refractivity contribution is -0.129. The number of para-hydroxylation sites is 1. The van der Waals surface area contributed by atoms with Gasteiger partial charge in [0, 0.05) is 38.7 Å². The molecule has 1 N–H and O–H groups in total. The monoisotopic (exact) mass is 435 g/mol. The first-order chi connectivity index (χ1) is 13.9. The Morgan fingerprint density at radius 1 is 1.07 bits per heavy atom. The van der Waals surface area contributed by atoms with Gasteiger partial charge in [-0.15, -0.1) is 0 Å². The van der Waals surface area contributed by atoms with Crippen LogP contribution in [0, 0.1) is 0 Å². The summed E-state index contributed by atoms with van der Waals surface area (Å²) in [6, 6.07) is 10.3. The zero-order valence-electron chi connectivity index (χ0n) is 16.4. The summed E-state index contributed by atoms with van der Waals surface area (Å²) in [5.41, 5.74) is 1.79. The van der Waals surface area contributed by atoms with Gasteiger partial charge in [0.2, 0.25) is 5.91 Å². The minimum atomic E-state index is -0.291. The van der Waals surface area contributed by atoms with E-state index >= 15 is 0 Å². The molecule has 2 amide bonds. The minimum Gasteiger partial charge on any atom is -0.492 e. The average molecular weight is 436 g/mol. The Bertz CT molecular complexity index is 912. The molecule has 3 rings (SSSR count). The van der Waals surface area contributed by atoms with Gasteiger partial charge >= 0.3 is 0 Å². The van der Waals surface area contributed by atoms with Crippen molar-refractivity contribution < 1.29 is 14.3 Å². The number of anilines is 2. The number of halogens is 2. The molecular weight excluding hydrogens is 413 g/mol. The summed E-state index contributed by atoms with van der Waals surface area (Å²) in [7, 11) is 0. The molecule has 0 saturated carbocycles. The molecule has 2 aromatic carbocycles. The van der Waals surface area contributed by atoms with Crippen LogP contribution in [-0.4, -0.2) is 49.5 Å². The molecule has 1 aliphatic heterocycles. The van der Waals surface area contributed by atoms with Crippen molar-refractivity contribution in [3.63, 3.8) is 0 Å². The third-order valence-corrected chi connectivity index (χ3v) is 5.37. The van der Waals surface area contributed by atoms with E-state index in [9.17, 15) is 9.59 Å². The van der Waals surface area contributed by atoms with Crippen molar-refractivity contribution >= 4 is 46.4 Å². The summed E-state index contributed by atoms with van der Waals surface area (Å²) in [4.78, 5) is 28.3. The fourth-order valence-electron chi connectivity index (χ4n) is 3.29. The average Bonchev–Trinajstić information content (AvgIpc) is 2.70. The number of rotatable bonds is 5. The number of carbonyl (C=O) groups excluding carboxylic acids is 2. The molecule has 1 saturated heterocycles. The van der Waals surface area contributed by atoms with Crippen LogP contribution < -0.4 is 15.0 Å². The second-order valence-electron chi connectivity index (χ2n) is 6.66. The molecule has 2 aromatic rings. The van der Waals surface area contributed by atoms with E-state index in [1.165, 1.54) is 0 Å². The van der Waals surface area contributed by atoms with Crippen molar-refractivity contribution in [1.29, 1.82) is 0 Å². The van der Waals surface area contributed by atoms with Crippen molar-refractivity contribution in [1.82, 2.24) is 4.90 Å². The quantitative estimate of drug-likeness (QED) is 0.759. The van der Waals surface area contributed by atoms with E-state index in [0.717, 1.165) is 5.69 Å². The van der Waals surface area contributed by atoms with Crippen LogP contribution in [-0.2, 0) is 4.79 Å². The summed E-state index contributed by atoms with van der Waals surface area (Å²) in [6.45, 7) is 6.44. The highest BCUT2D eigenvalue weighted by atomic mass is 35.5. The lowest BCUT2D eigenvalue weighted by Gasteiger charge is -2.37. The second-order valence-corrected chi connectivity index (χ2v) is 7.48. The lowest BCUT2D eigenvalue weighted by Crippen LogP contribution is -2.48. The van der Waals surface area contributed by atoms with Gasteiger partial charge in [-0.25, -0.2) is 0 Å². The van der Waals surface area contributed by atoms with Gasteiger partial charge in [-0.3, -0.25) is 9.59 Å². The molecule has 1 heterocycles. The molecule has 8 heteroatoms. The number of hydrogen-bond acceptors (Lipinski definition) is 4. The van der Waals surface area contributed by atoms with Crippen LogP contribution in [0.3, 0.4) is 0 Å². The van der Waals surface area contributed by atoms with E-state index in [-0.39, 0.29) is 11.8 Å². The van der Waals surface area contributed by atoms with Gasteiger partial charge in [-0.1, -0.05) is 29.3 Å².